The molecule has 2 aliphatic rings. The largest absolute Gasteiger partial charge is 0.465 e. The van der Waals surface area contributed by atoms with E-state index in [1.807, 2.05) is 65.6 Å². The highest BCUT2D eigenvalue weighted by Gasteiger charge is 2.57. The molecular weight excluding hydrogens is 450 g/mol. The molecule has 3 heterocycles. The smallest absolute Gasteiger partial charge is 0.328 e. The van der Waals surface area contributed by atoms with Gasteiger partial charge < -0.3 is 9.32 Å². The third-order valence-corrected chi connectivity index (χ3v) is 7.36. The molecular formula is C30H33N3O3. The van der Waals surface area contributed by atoms with Crippen molar-refractivity contribution in [2.45, 2.75) is 38.3 Å². The second-order valence-corrected chi connectivity index (χ2v) is 9.86. The maximum absolute atomic E-state index is 13.9. The van der Waals surface area contributed by atoms with E-state index < -0.39 is 5.54 Å². The summed E-state index contributed by atoms with van der Waals surface area (Å²) in [5, 5.41) is 0. The summed E-state index contributed by atoms with van der Waals surface area (Å²) in [6, 6.07) is 23.6. The number of furan rings is 1. The van der Waals surface area contributed by atoms with Crippen molar-refractivity contribution in [1.29, 1.82) is 0 Å². The van der Waals surface area contributed by atoms with Gasteiger partial charge in [-0.15, -0.1) is 0 Å². The van der Waals surface area contributed by atoms with Crippen LogP contribution in [-0.2, 0) is 17.8 Å². The van der Waals surface area contributed by atoms with Gasteiger partial charge in [0.1, 0.15) is 11.3 Å². The van der Waals surface area contributed by atoms with Crippen LogP contribution in [0, 0.1) is 0 Å². The molecule has 186 valence electrons. The number of hydrogen-bond donors (Lipinski definition) is 0. The molecule has 0 saturated carbocycles. The average Bonchev–Trinajstić information content (AvgIpc) is 3.47. The lowest BCUT2D eigenvalue weighted by Gasteiger charge is -2.42. The van der Waals surface area contributed by atoms with Crippen molar-refractivity contribution in [3.63, 3.8) is 0 Å². The number of hydrogen-bond acceptors (Lipinski definition) is 4. The van der Waals surface area contributed by atoms with E-state index in [0.29, 0.717) is 25.9 Å². The Bertz CT molecular complexity index is 1200. The van der Waals surface area contributed by atoms with E-state index in [1.165, 1.54) is 16.0 Å². The summed E-state index contributed by atoms with van der Waals surface area (Å²) in [4.78, 5) is 33.2. The molecule has 2 aliphatic heterocycles. The zero-order chi connectivity index (χ0) is 25.0. The van der Waals surface area contributed by atoms with Gasteiger partial charge in [-0.3, -0.25) is 14.6 Å². The summed E-state index contributed by atoms with van der Waals surface area (Å²) < 4.78 is 5.44. The van der Waals surface area contributed by atoms with Crippen molar-refractivity contribution in [2.75, 3.05) is 26.2 Å². The second kappa shape index (κ2) is 10.5. The number of likely N-dealkylation sites (tertiary alicyclic amines) is 1. The Balaban J connectivity index is 1.33. The summed E-state index contributed by atoms with van der Waals surface area (Å²) in [6.07, 6.45) is 5.76. The molecule has 1 aromatic heterocycles. The number of nitrogens with zero attached hydrogens (tertiary/aromatic N) is 3. The Morgan fingerprint density at radius 1 is 0.917 bits per heavy atom. The maximum atomic E-state index is 13.9. The number of carbonyl (C=O) groups is 2. The molecule has 2 aromatic carbocycles. The van der Waals surface area contributed by atoms with Gasteiger partial charge in [-0.2, -0.15) is 0 Å². The van der Waals surface area contributed by atoms with Crippen molar-refractivity contribution in [2.24, 2.45) is 0 Å². The highest BCUT2D eigenvalue weighted by Crippen LogP contribution is 2.38. The number of carbonyl (C=O) groups excluding carboxylic acids is 2. The van der Waals surface area contributed by atoms with Gasteiger partial charge in [-0.1, -0.05) is 66.2 Å². The lowest BCUT2D eigenvalue weighted by atomic mass is 9.85. The number of benzene rings is 2. The molecule has 36 heavy (non-hydrogen) atoms. The summed E-state index contributed by atoms with van der Waals surface area (Å²) in [7, 11) is 0. The van der Waals surface area contributed by atoms with Crippen molar-refractivity contribution >= 4 is 18.0 Å². The molecule has 0 bridgehead atoms. The first kappa shape index (κ1) is 24.1. The van der Waals surface area contributed by atoms with E-state index in [9.17, 15) is 9.59 Å². The third-order valence-electron chi connectivity index (χ3n) is 7.36. The van der Waals surface area contributed by atoms with Crippen LogP contribution in [0.4, 0.5) is 4.79 Å². The van der Waals surface area contributed by atoms with E-state index in [-0.39, 0.29) is 11.9 Å². The molecule has 5 rings (SSSR count). The lowest BCUT2D eigenvalue weighted by molar-refractivity contribution is -0.136. The fraction of sp³-hybridized carbons (Fsp3) is 0.333. The number of imide groups is 1. The predicted molar refractivity (Wildman–Crippen MR) is 140 cm³/mol. The monoisotopic (exact) mass is 483 g/mol. The minimum absolute atomic E-state index is 0.0492. The summed E-state index contributed by atoms with van der Waals surface area (Å²) in [5.41, 5.74) is 2.58. The SMILES string of the molecule is CC(=Cc1ccco1)CN1CCC2(CC1)C(=O)N(Cc1ccccc1)C(=O)N2CCc1ccccc1. The van der Waals surface area contributed by atoms with Gasteiger partial charge in [-0.25, -0.2) is 4.79 Å². The Hall–Kier alpha value is -3.64. The van der Waals surface area contributed by atoms with Crippen molar-refractivity contribution in [1.82, 2.24) is 14.7 Å². The number of rotatable bonds is 8. The van der Waals surface area contributed by atoms with Crippen LogP contribution in [0.5, 0.6) is 0 Å². The number of piperidine rings is 1. The van der Waals surface area contributed by atoms with Crippen molar-refractivity contribution < 1.29 is 14.0 Å². The summed E-state index contributed by atoms with van der Waals surface area (Å²) in [6.45, 7) is 5.31. The summed E-state index contributed by atoms with van der Waals surface area (Å²) in [5.74, 6) is 0.799. The van der Waals surface area contributed by atoms with Crippen LogP contribution in [0.25, 0.3) is 6.08 Å². The first-order valence-electron chi connectivity index (χ1n) is 12.7. The first-order valence-corrected chi connectivity index (χ1v) is 12.7. The third kappa shape index (κ3) is 5.00. The van der Waals surface area contributed by atoms with Gasteiger partial charge in [0.15, 0.2) is 0 Å². The van der Waals surface area contributed by atoms with Crippen molar-refractivity contribution in [3.8, 4) is 0 Å². The van der Waals surface area contributed by atoms with Crippen LogP contribution in [-0.4, -0.2) is 58.4 Å². The van der Waals surface area contributed by atoms with Gasteiger partial charge in [0.2, 0.25) is 0 Å². The van der Waals surface area contributed by atoms with Crippen LogP contribution in [0.3, 0.4) is 0 Å². The van der Waals surface area contributed by atoms with Crippen LogP contribution in [0.1, 0.15) is 36.7 Å². The van der Waals surface area contributed by atoms with Gasteiger partial charge in [0.25, 0.3) is 5.91 Å². The molecule has 6 nitrogen and oxygen atoms in total. The molecule has 2 saturated heterocycles. The van der Waals surface area contributed by atoms with Gasteiger partial charge >= 0.3 is 6.03 Å². The molecule has 0 atom stereocenters. The zero-order valence-corrected chi connectivity index (χ0v) is 20.8. The number of urea groups is 1. The van der Waals surface area contributed by atoms with Gasteiger partial charge in [0, 0.05) is 26.2 Å². The highest BCUT2D eigenvalue weighted by molar-refractivity contribution is 6.07. The molecule has 2 fully saturated rings. The van der Waals surface area contributed by atoms with Gasteiger partial charge in [0.05, 0.1) is 12.8 Å². The quantitative estimate of drug-likeness (QED) is 0.412. The molecule has 0 N–H and O–H groups in total. The van der Waals surface area contributed by atoms with E-state index in [1.54, 1.807) is 6.26 Å². The highest BCUT2D eigenvalue weighted by atomic mass is 16.3. The minimum atomic E-state index is -0.768. The molecule has 0 radical (unpaired) electrons. The van der Waals surface area contributed by atoms with E-state index in [0.717, 1.165) is 37.4 Å². The predicted octanol–water partition coefficient (Wildman–Crippen LogP) is 5.22. The van der Waals surface area contributed by atoms with Gasteiger partial charge in [-0.05, 0) is 55.5 Å². The topological polar surface area (TPSA) is 57.0 Å². The maximum Gasteiger partial charge on any atom is 0.328 e. The molecule has 6 heteroatoms. The first-order chi connectivity index (χ1) is 17.5. The van der Waals surface area contributed by atoms with Crippen molar-refractivity contribution in [3.05, 3.63) is 102 Å². The Morgan fingerprint density at radius 2 is 1.58 bits per heavy atom. The fourth-order valence-electron chi connectivity index (χ4n) is 5.46. The van der Waals surface area contributed by atoms with E-state index in [2.05, 4.69) is 30.0 Å². The molecule has 3 amide bonds. The molecule has 0 unspecified atom stereocenters. The standard InChI is InChI=1S/C30H33N3O3/c1-24(21-27-13-8-20-36-27)22-31-18-15-30(16-19-31)28(34)32(23-26-11-6-3-7-12-26)29(35)33(30)17-14-25-9-4-2-5-10-25/h2-13,20-21H,14-19,22-23H2,1H3. The Labute approximate surface area is 212 Å². The fourth-order valence-corrected chi connectivity index (χ4v) is 5.46. The minimum Gasteiger partial charge on any atom is -0.465 e. The number of amides is 3. The van der Waals surface area contributed by atoms with Crippen LogP contribution >= 0.6 is 0 Å². The molecule has 3 aromatic rings. The van der Waals surface area contributed by atoms with Crippen LogP contribution in [0.15, 0.2) is 89.0 Å². The Kier molecular flexibility index (Phi) is 7.05. The molecule has 0 aliphatic carbocycles. The zero-order valence-electron chi connectivity index (χ0n) is 20.8. The van der Waals surface area contributed by atoms with Crippen LogP contribution < -0.4 is 0 Å². The normalized spacial score (nSPS) is 18.4. The second-order valence-electron chi connectivity index (χ2n) is 9.86. The average molecular weight is 484 g/mol. The van der Waals surface area contributed by atoms with E-state index in [4.69, 9.17) is 4.42 Å². The molecule has 1 spiro atoms. The van der Waals surface area contributed by atoms with Crippen LogP contribution in [0.2, 0.25) is 0 Å². The lowest BCUT2D eigenvalue weighted by Crippen LogP contribution is -2.57. The summed E-state index contributed by atoms with van der Waals surface area (Å²) >= 11 is 0. The Morgan fingerprint density at radius 3 is 2.22 bits per heavy atom. The van der Waals surface area contributed by atoms with E-state index >= 15 is 0 Å².